The number of carbonyl (C=O) groups is 2. The normalized spacial score (nSPS) is 13.0. The van der Waals surface area contributed by atoms with Crippen molar-refractivity contribution >= 4 is 35.0 Å². The maximum Gasteiger partial charge on any atom is 0.321 e. The summed E-state index contributed by atoms with van der Waals surface area (Å²) in [6.45, 7) is 3.95. The molecule has 1 aromatic heterocycles. The molecule has 19 heavy (non-hydrogen) atoms. The van der Waals surface area contributed by atoms with Gasteiger partial charge in [0.2, 0.25) is 5.91 Å². The smallest absolute Gasteiger partial charge is 0.321 e. The van der Waals surface area contributed by atoms with Crippen LogP contribution in [0, 0.1) is 0 Å². The summed E-state index contributed by atoms with van der Waals surface area (Å²) in [6, 6.07) is 2.88. The molecule has 1 rings (SSSR count). The first-order valence-electron chi connectivity index (χ1n) is 5.74. The first-order valence-corrected chi connectivity index (χ1v) is 7.61. The molecule has 106 valence electrons. The topological polar surface area (TPSA) is 92.4 Å². The Labute approximate surface area is 120 Å². The fourth-order valence-electron chi connectivity index (χ4n) is 1.29. The van der Waals surface area contributed by atoms with Crippen molar-refractivity contribution in [2.45, 2.75) is 31.2 Å². The van der Waals surface area contributed by atoms with Crippen LogP contribution in [0.5, 0.6) is 0 Å². The molecule has 7 heteroatoms. The van der Waals surface area contributed by atoms with E-state index in [4.69, 9.17) is 10.8 Å². The number of carboxylic acids is 1. The summed E-state index contributed by atoms with van der Waals surface area (Å²) in [5, 5.41) is 13.6. The van der Waals surface area contributed by atoms with E-state index in [-0.39, 0.29) is 11.7 Å². The Morgan fingerprint density at radius 2 is 2.26 bits per heavy atom. The molecule has 0 saturated carbocycles. The summed E-state index contributed by atoms with van der Waals surface area (Å²) in [4.78, 5) is 23.6. The number of thioether (sulfide) groups is 1. The number of hydrogen-bond acceptors (Lipinski definition) is 5. The highest BCUT2D eigenvalue weighted by Gasteiger charge is 2.33. The largest absolute Gasteiger partial charge is 0.480 e. The maximum atomic E-state index is 11.7. The monoisotopic (exact) mass is 302 g/mol. The lowest BCUT2D eigenvalue weighted by Crippen LogP contribution is -2.47. The fourth-order valence-corrected chi connectivity index (χ4v) is 2.82. The van der Waals surface area contributed by atoms with Crippen molar-refractivity contribution in [2.75, 3.05) is 5.75 Å². The van der Waals surface area contributed by atoms with Gasteiger partial charge in [-0.05, 0) is 25.3 Å². The average molecular weight is 302 g/mol. The molecule has 0 aromatic carbocycles. The zero-order valence-electron chi connectivity index (χ0n) is 10.9. The van der Waals surface area contributed by atoms with Gasteiger partial charge in [-0.25, -0.2) is 0 Å². The van der Waals surface area contributed by atoms with Gasteiger partial charge < -0.3 is 16.2 Å². The second kappa shape index (κ2) is 6.93. The van der Waals surface area contributed by atoms with E-state index in [1.807, 2.05) is 17.5 Å². The number of carbonyl (C=O) groups excluding carboxylic acids is 1. The molecule has 1 amide bonds. The van der Waals surface area contributed by atoms with E-state index in [1.54, 1.807) is 25.2 Å². The third-order valence-corrected chi connectivity index (χ3v) is 4.91. The van der Waals surface area contributed by atoms with Crippen molar-refractivity contribution in [2.24, 2.45) is 5.73 Å². The lowest BCUT2D eigenvalue weighted by atomic mass is 10.1. The number of nitrogens with one attached hydrogen (secondary N) is 1. The SMILES string of the molecule is CC(C)(SCC(=O)NCc1cccs1)[C@@H](N)C(=O)O. The summed E-state index contributed by atoms with van der Waals surface area (Å²) >= 11 is 2.82. The van der Waals surface area contributed by atoms with E-state index >= 15 is 0 Å². The Kier molecular flexibility index (Phi) is 5.84. The lowest BCUT2D eigenvalue weighted by Gasteiger charge is -2.27. The van der Waals surface area contributed by atoms with Crippen molar-refractivity contribution in [1.29, 1.82) is 0 Å². The van der Waals surface area contributed by atoms with Crippen LogP contribution in [0.2, 0.25) is 0 Å². The van der Waals surface area contributed by atoms with Gasteiger partial charge in [-0.3, -0.25) is 9.59 Å². The van der Waals surface area contributed by atoms with Crippen LogP contribution in [-0.4, -0.2) is 33.5 Å². The predicted octanol–water partition coefficient (Wildman–Crippen LogP) is 1.29. The zero-order valence-corrected chi connectivity index (χ0v) is 12.5. The average Bonchev–Trinajstić information content (AvgIpc) is 2.86. The van der Waals surface area contributed by atoms with Crippen LogP contribution in [-0.2, 0) is 16.1 Å². The quantitative estimate of drug-likeness (QED) is 0.706. The van der Waals surface area contributed by atoms with Gasteiger partial charge in [0.1, 0.15) is 6.04 Å². The molecule has 5 nitrogen and oxygen atoms in total. The second-order valence-electron chi connectivity index (χ2n) is 4.56. The molecule has 1 atom stereocenters. The number of hydrogen-bond donors (Lipinski definition) is 3. The van der Waals surface area contributed by atoms with Gasteiger partial charge >= 0.3 is 5.97 Å². The lowest BCUT2D eigenvalue weighted by molar-refractivity contribution is -0.139. The van der Waals surface area contributed by atoms with Crippen LogP contribution in [0.1, 0.15) is 18.7 Å². The molecule has 0 saturated heterocycles. The van der Waals surface area contributed by atoms with Gasteiger partial charge in [-0.2, -0.15) is 0 Å². The van der Waals surface area contributed by atoms with E-state index in [2.05, 4.69) is 5.32 Å². The minimum Gasteiger partial charge on any atom is -0.480 e. The van der Waals surface area contributed by atoms with Crippen molar-refractivity contribution in [3.63, 3.8) is 0 Å². The van der Waals surface area contributed by atoms with Crippen LogP contribution < -0.4 is 11.1 Å². The number of nitrogens with two attached hydrogens (primary N) is 1. The van der Waals surface area contributed by atoms with Gasteiger partial charge in [0.25, 0.3) is 0 Å². The summed E-state index contributed by atoms with van der Waals surface area (Å²) in [6.07, 6.45) is 0. The number of aliphatic carboxylic acids is 1. The molecule has 1 aromatic rings. The van der Waals surface area contributed by atoms with Crippen LogP contribution in [0.15, 0.2) is 17.5 Å². The molecule has 0 aliphatic heterocycles. The Morgan fingerprint density at radius 1 is 1.58 bits per heavy atom. The molecule has 0 radical (unpaired) electrons. The molecular weight excluding hydrogens is 284 g/mol. The van der Waals surface area contributed by atoms with Crippen molar-refractivity contribution in [3.05, 3.63) is 22.4 Å². The molecule has 0 spiro atoms. The highest BCUT2D eigenvalue weighted by atomic mass is 32.2. The van der Waals surface area contributed by atoms with Crippen LogP contribution in [0.25, 0.3) is 0 Å². The standard InChI is InChI=1S/C12H18N2O3S2/c1-12(2,10(13)11(16)17)19-7-9(15)14-6-8-4-3-5-18-8/h3-5,10H,6-7,13H2,1-2H3,(H,14,15)(H,16,17)/t10-/m0/s1. The minimum absolute atomic E-state index is 0.121. The van der Waals surface area contributed by atoms with Gasteiger partial charge in [-0.15, -0.1) is 23.1 Å². The van der Waals surface area contributed by atoms with E-state index in [9.17, 15) is 9.59 Å². The molecule has 0 aliphatic carbocycles. The van der Waals surface area contributed by atoms with Crippen molar-refractivity contribution in [1.82, 2.24) is 5.32 Å². The molecule has 0 bridgehead atoms. The first kappa shape index (κ1) is 16.0. The number of carboxylic acid groups (broad SMARTS) is 1. The Bertz CT molecular complexity index is 432. The molecule has 4 N–H and O–H groups in total. The zero-order chi connectivity index (χ0) is 14.5. The maximum absolute atomic E-state index is 11.7. The van der Waals surface area contributed by atoms with E-state index in [0.29, 0.717) is 6.54 Å². The summed E-state index contributed by atoms with van der Waals surface area (Å²) in [5.74, 6) is -0.986. The fraction of sp³-hybridized carbons (Fsp3) is 0.500. The van der Waals surface area contributed by atoms with Crippen LogP contribution in [0.3, 0.4) is 0 Å². The number of thiophene rings is 1. The highest BCUT2D eigenvalue weighted by molar-refractivity contribution is 8.01. The van der Waals surface area contributed by atoms with Crippen LogP contribution in [0.4, 0.5) is 0 Å². The summed E-state index contributed by atoms with van der Waals surface area (Å²) in [7, 11) is 0. The third-order valence-electron chi connectivity index (χ3n) is 2.63. The van der Waals surface area contributed by atoms with Crippen molar-refractivity contribution < 1.29 is 14.7 Å². The van der Waals surface area contributed by atoms with Gasteiger partial charge in [0.05, 0.1) is 12.3 Å². The minimum atomic E-state index is -1.06. The molecule has 0 unspecified atom stereocenters. The highest BCUT2D eigenvalue weighted by Crippen LogP contribution is 2.27. The van der Waals surface area contributed by atoms with Gasteiger partial charge in [0, 0.05) is 9.62 Å². The molecule has 0 aliphatic rings. The number of amides is 1. The van der Waals surface area contributed by atoms with E-state index in [1.165, 1.54) is 11.8 Å². The second-order valence-corrected chi connectivity index (χ2v) is 7.23. The Morgan fingerprint density at radius 3 is 2.79 bits per heavy atom. The Balaban J connectivity index is 2.35. The van der Waals surface area contributed by atoms with Crippen molar-refractivity contribution in [3.8, 4) is 0 Å². The van der Waals surface area contributed by atoms with Crippen LogP contribution >= 0.6 is 23.1 Å². The van der Waals surface area contributed by atoms with Gasteiger partial charge in [-0.1, -0.05) is 6.07 Å². The summed E-state index contributed by atoms with van der Waals surface area (Å²) in [5.41, 5.74) is 5.58. The van der Waals surface area contributed by atoms with Gasteiger partial charge in [0.15, 0.2) is 0 Å². The summed E-state index contributed by atoms with van der Waals surface area (Å²) < 4.78 is -0.688. The van der Waals surface area contributed by atoms with E-state index in [0.717, 1.165) is 4.88 Å². The van der Waals surface area contributed by atoms with E-state index < -0.39 is 16.8 Å². The molecular formula is C12H18N2O3S2. The number of rotatable bonds is 7. The predicted molar refractivity (Wildman–Crippen MR) is 78.3 cm³/mol. The first-order chi connectivity index (χ1) is 8.83. The third kappa shape index (κ3) is 5.22. The molecule has 1 heterocycles. The molecule has 0 fully saturated rings. The Hall–Kier alpha value is -1.05.